The molecule has 2 heterocycles. The fourth-order valence-electron chi connectivity index (χ4n) is 3.01. The number of aryl methyl sites for hydroxylation is 1. The third-order valence-electron chi connectivity index (χ3n) is 4.42. The Morgan fingerprint density at radius 2 is 2.07 bits per heavy atom. The van der Waals surface area contributed by atoms with E-state index < -0.39 is 6.10 Å². The molecule has 0 aliphatic rings. The smallest absolute Gasteiger partial charge is 0.261 e. The number of carbonyl (C=O) groups excluding carboxylic acids is 1. The first kappa shape index (κ1) is 20.8. The molecule has 1 amide bonds. The summed E-state index contributed by atoms with van der Waals surface area (Å²) >= 11 is 1.30. The Morgan fingerprint density at radius 1 is 1.28 bits per heavy atom. The van der Waals surface area contributed by atoms with Gasteiger partial charge in [-0.15, -0.1) is 11.3 Å². The molecule has 0 fully saturated rings. The summed E-state index contributed by atoms with van der Waals surface area (Å²) in [6, 6.07) is 5.68. The fraction of sp³-hybridized carbons (Fsp3) is 0.350. The van der Waals surface area contributed by atoms with Gasteiger partial charge in [0, 0.05) is 18.7 Å². The van der Waals surface area contributed by atoms with Gasteiger partial charge in [0.2, 0.25) is 0 Å². The fourth-order valence-corrected chi connectivity index (χ4v) is 4.08. The number of aromatic nitrogens is 2. The van der Waals surface area contributed by atoms with Crippen molar-refractivity contribution in [1.82, 2.24) is 15.3 Å². The van der Waals surface area contributed by atoms with Gasteiger partial charge in [-0.1, -0.05) is 12.1 Å². The lowest BCUT2D eigenvalue weighted by Gasteiger charge is -2.13. The zero-order valence-electron chi connectivity index (χ0n) is 16.8. The summed E-state index contributed by atoms with van der Waals surface area (Å²) in [5.74, 6) is 1.73. The highest BCUT2D eigenvalue weighted by Gasteiger charge is 2.20. The summed E-state index contributed by atoms with van der Waals surface area (Å²) in [6.45, 7) is 4.15. The Bertz CT molecular complexity index is 1020. The second-order valence-electron chi connectivity index (χ2n) is 6.52. The van der Waals surface area contributed by atoms with Gasteiger partial charge in [0.25, 0.3) is 5.91 Å². The molecule has 1 unspecified atom stereocenters. The molecule has 0 radical (unpaired) electrons. The number of hydrogen-bond donors (Lipinski definition) is 3. The maximum atomic E-state index is 12.5. The highest BCUT2D eigenvalue weighted by Crippen LogP contribution is 2.35. The van der Waals surface area contributed by atoms with Crippen LogP contribution < -0.4 is 20.1 Å². The first-order valence-electron chi connectivity index (χ1n) is 9.10. The lowest BCUT2D eigenvalue weighted by atomic mass is 10.1. The predicted octanol–water partition coefficient (Wildman–Crippen LogP) is 2.74. The van der Waals surface area contributed by atoms with E-state index in [2.05, 4.69) is 20.6 Å². The second kappa shape index (κ2) is 9.06. The van der Waals surface area contributed by atoms with Crippen molar-refractivity contribution in [2.75, 3.05) is 26.1 Å². The number of para-hydroxylation sites is 1. The third-order valence-corrected chi connectivity index (χ3v) is 5.62. The van der Waals surface area contributed by atoms with Crippen LogP contribution in [-0.4, -0.2) is 47.8 Å². The molecule has 3 rings (SSSR count). The van der Waals surface area contributed by atoms with E-state index in [1.807, 2.05) is 25.1 Å². The number of anilines is 1. The van der Waals surface area contributed by atoms with Crippen molar-refractivity contribution in [3.63, 3.8) is 0 Å². The lowest BCUT2D eigenvalue weighted by Crippen LogP contribution is -2.30. The normalized spacial score (nSPS) is 11.9. The predicted molar refractivity (Wildman–Crippen MR) is 113 cm³/mol. The number of rotatable bonds is 8. The van der Waals surface area contributed by atoms with Crippen LogP contribution in [0.25, 0.3) is 10.2 Å². The molecule has 0 bridgehead atoms. The quantitative estimate of drug-likeness (QED) is 0.518. The Kier molecular flexibility index (Phi) is 6.50. The Balaban J connectivity index is 1.89. The van der Waals surface area contributed by atoms with Gasteiger partial charge < -0.3 is 25.2 Å². The SMILES string of the molecule is COc1cccc(CNc2ncnc3sc(C(=O)NCC(C)O)c(C)c23)c1OC. The molecule has 0 aliphatic carbocycles. The van der Waals surface area contributed by atoms with Crippen LogP contribution in [0.5, 0.6) is 11.5 Å². The zero-order chi connectivity index (χ0) is 21.0. The maximum absolute atomic E-state index is 12.5. The van der Waals surface area contributed by atoms with E-state index in [1.165, 1.54) is 17.7 Å². The van der Waals surface area contributed by atoms with Gasteiger partial charge in [-0.3, -0.25) is 4.79 Å². The van der Waals surface area contributed by atoms with E-state index in [0.29, 0.717) is 28.7 Å². The van der Waals surface area contributed by atoms with Gasteiger partial charge in [-0.25, -0.2) is 9.97 Å². The number of carbonyl (C=O) groups is 1. The van der Waals surface area contributed by atoms with Crippen molar-refractivity contribution in [3.05, 3.63) is 40.5 Å². The summed E-state index contributed by atoms with van der Waals surface area (Å²) in [5, 5.41) is 16.3. The van der Waals surface area contributed by atoms with E-state index in [-0.39, 0.29) is 12.5 Å². The number of aliphatic hydroxyl groups is 1. The van der Waals surface area contributed by atoms with E-state index in [4.69, 9.17) is 9.47 Å². The summed E-state index contributed by atoms with van der Waals surface area (Å²) in [7, 11) is 3.20. The molecule has 0 saturated heterocycles. The van der Waals surface area contributed by atoms with E-state index in [9.17, 15) is 9.90 Å². The molecule has 2 aromatic heterocycles. The van der Waals surface area contributed by atoms with Crippen LogP contribution in [0.1, 0.15) is 27.7 Å². The average molecular weight is 417 g/mol. The van der Waals surface area contributed by atoms with Gasteiger partial charge in [0.15, 0.2) is 11.5 Å². The van der Waals surface area contributed by atoms with Gasteiger partial charge in [0.05, 0.1) is 30.6 Å². The van der Waals surface area contributed by atoms with Gasteiger partial charge in [-0.2, -0.15) is 0 Å². The molecule has 3 aromatic rings. The molecule has 0 aliphatic heterocycles. The van der Waals surface area contributed by atoms with E-state index >= 15 is 0 Å². The number of methoxy groups -OCH3 is 2. The van der Waals surface area contributed by atoms with E-state index in [0.717, 1.165) is 21.3 Å². The number of ether oxygens (including phenoxy) is 2. The van der Waals surface area contributed by atoms with Crippen LogP contribution in [-0.2, 0) is 6.54 Å². The zero-order valence-corrected chi connectivity index (χ0v) is 17.6. The Hall–Kier alpha value is -2.91. The molecule has 29 heavy (non-hydrogen) atoms. The first-order valence-corrected chi connectivity index (χ1v) is 9.92. The van der Waals surface area contributed by atoms with Gasteiger partial charge in [-0.05, 0) is 25.5 Å². The molecule has 3 N–H and O–H groups in total. The number of aliphatic hydroxyl groups excluding tert-OH is 1. The summed E-state index contributed by atoms with van der Waals surface area (Å²) in [4.78, 5) is 22.4. The average Bonchev–Trinajstić information content (AvgIpc) is 3.07. The molecule has 9 heteroatoms. The molecule has 1 aromatic carbocycles. The van der Waals surface area contributed by atoms with Crippen LogP contribution in [0, 0.1) is 6.92 Å². The van der Waals surface area contributed by atoms with Crippen LogP contribution in [0.15, 0.2) is 24.5 Å². The topological polar surface area (TPSA) is 106 Å². The highest BCUT2D eigenvalue weighted by molar-refractivity contribution is 7.20. The monoisotopic (exact) mass is 416 g/mol. The second-order valence-corrected chi connectivity index (χ2v) is 7.52. The minimum absolute atomic E-state index is 0.193. The van der Waals surface area contributed by atoms with Crippen molar-refractivity contribution in [1.29, 1.82) is 0 Å². The number of nitrogens with zero attached hydrogens (tertiary/aromatic N) is 2. The molecular formula is C20H24N4O4S. The van der Waals surface area contributed by atoms with Gasteiger partial charge in [0.1, 0.15) is 17.0 Å². The standard InChI is InChI=1S/C20H24N4O4S/c1-11(25)8-22-19(26)17-12(2)15-18(23-10-24-20(15)29-17)21-9-13-6-5-7-14(27-3)16(13)28-4/h5-7,10-11,25H,8-9H2,1-4H3,(H,22,26)(H,21,23,24). The molecular weight excluding hydrogens is 392 g/mol. The minimum atomic E-state index is -0.608. The number of benzene rings is 1. The Morgan fingerprint density at radius 3 is 2.76 bits per heavy atom. The van der Waals surface area contributed by atoms with Crippen molar-refractivity contribution < 1.29 is 19.4 Å². The molecule has 1 atom stereocenters. The molecule has 8 nitrogen and oxygen atoms in total. The number of amides is 1. The van der Waals surface area contributed by atoms with Crippen molar-refractivity contribution in [2.24, 2.45) is 0 Å². The number of thiophene rings is 1. The van der Waals surface area contributed by atoms with Crippen molar-refractivity contribution >= 4 is 33.3 Å². The van der Waals surface area contributed by atoms with Crippen LogP contribution in [0.4, 0.5) is 5.82 Å². The van der Waals surface area contributed by atoms with Crippen molar-refractivity contribution in [2.45, 2.75) is 26.5 Å². The molecule has 0 spiro atoms. The first-order chi connectivity index (χ1) is 14.0. The lowest BCUT2D eigenvalue weighted by molar-refractivity contribution is 0.0927. The minimum Gasteiger partial charge on any atom is -0.493 e. The molecule has 154 valence electrons. The summed E-state index contributed by atoms with van der Waals surface area (Å²) < 4.78 is 10.8. The van der Waals surface area contributed by atoms with Gasteiger partial charge >= 0.3 is 0 Å². The molecule has 0 saturated carbocycles. The largest absolute Gasteiger partial charge is 0.493 e. The van der Waals surface area contributed by atoms with Crippen LogP contribution in [0.2, 0.25) is 0 Å². The third kappa shape index (κ3) is 4.41. The maximum Gasteiger partial charge on any atom is 0.261 e. The number of hydrogen-bond acceptors (Lipinski definition) is 8. The summed E-state index contributed by atoms with van der Waals surface area (Å²) in [5.41, 5.74) is 1.72. The van der Waals surface area contributed by atoms with Crippen molar-refractivity contribution in [3.8, 4) is 11.5 Å². The summed E-state index contributed by atoms with van der Waals surface area (Å²) in [6.07, 6.45) is 0.865. The van der Waals surface area contributed by atoms with E-state index in [1.54, 1.807) is 21.1 Å². The Labute approximate surface area is 172 Å². The van der Waals surface area contributed by atoms with Crippen LogP contribution >= 0.6 is 11.3 Å². The van der Waals surface area contributed by atoms with Crippen LogP contribution in [0.3, 0.4) is 0 Å². The highest BCUT2D eigenvalue weighted by atomic mass is 32.1. The number of fused-ring (bicyclic) bond motifs is 1. The number of nitrogens with one attached hydrogen (secondary N) is 2.